The van der Waals surface area contributed by atoms with Crippen LogP contribution < -0.4 is 5.73 Å². The lowest BCUT2D eigenvalue weighted by atomic mass is 9.96. The van der Waals surface area contributed by atoms with Crippen molar-refractivity contribution in [3.05, 3.63) is 35.9 Å². The third kappa shape index (κ3) is 2.46. The molecule has 6 atom stereocenters. The molecule has 6 heteroatoms. The molecule has 110 valence electrons. The minimum Gasteiger partial charge on any atom is -0.388 e. The first-order valence-corrected chi connectivity index (χ1v) is 6.64. The first-order chi connectivity index (χ1) is 9.70. The van der Waals surface area contributed by atoms with Crippen LogP contribution in [0.5, 0.6) is 0 Å². The molecule has 1 aromatic rings. The van der Waals surface area contributed by atoms with Crippen molar-refractivity contribution >= 4 is 0 Å². The number of methoxy groups -OCH3 is 1. The lowest BCUT2D eigenvalue weighted by molar-refractivity contribution is -0.339. The predicted octanol–water partition coefficient (Wildman–Crippen LogP) is 0.160. The molecule has 2 saturated heterocycles. The van der Waals surface area contributed by atoms with Crippen LogP contribution in [0.25, 0.3) is 0 Å². The van der Waals surface area contributed by atoms with Crippen LogP contribution in [0.1, 0.15) is 11.9 Å². The second-order valence-corrected chi connectivity index (χ2v) is 5.02. The van der Waals surface area contributed by atoms with Gasteiger partial charge in [-0.1, -0.05) is 30.3 Å². The average molecular weight is 281 g/mol. The summed E-state index contributed by atoms with van der Waals surface area (Å²) in [7, 11) is 1.49. The van der Waals surface area contributed by atoms with Crippen LogP contribution in [-0.4, -0.2) is 49.5 Å². The minimum atomic E-state index is -0.853. The number of ether oxygens (including phenoxy) is 4. The summed E-state index contributed by atoms with van der Waals surface area (Å²) in [6.07, 6.45) is -2.91. The van der Waals surface area contributed by atoms with Gasteiger partial charge in [-0.05, 0) is 0 Å². The van der Waals surface area contributed by atoms with Crippen molar-refractivity contribution < 1.29 is 24.1 Å². The largest absolute Gasteiger partial charge is 0.388 e. The van der Waals surface area contributed by atoms with Gasteiger partial charge in [0.15, 0.2) is 12.6 Å². The normalized spacial score (nSPS) is 41.1. The summed E-state index contributed by atoms with van der Waals surface area (Å²) < 4.78 is 22.2. The van der Waals surface area contributed by atoms with Crippen molar-refractivity contribution in [2.45, 2.75) is 36.9 Å². The molecule has 0 saturated carbocycles. The fourth-order valence-corrected chi connectivity index (χ4v) is 2.60. The van der Waals surface area contributed by atoms with Crippen LogP contribution in [0, 0.1) is 0 Å². The highest BCUT2D eigenvalue weighted by atomic mass is 16.7. The van der Waals surface area contributed by atoms with E-state index >= 15 is 0 Å². The van der Waals surface area contributed by atoms with Crippen LogP contribution in [0.3, 0.4) is 0 Å². The van der Waals surface area contributed by atoms with Crippen molar-refractivity contribution in [3.63, 3.8) is 0 Å². The van der Waals surface area contributed by atoms with Crippen LogP contribution in [0.15, 0.2) is 30.3 Å². The quantitative estimate of drug-likeness (QED) is 0.803. The van der Waals surface area contributed by atoms with Gasteiger partial charge in [-0.3, -0.25) is 0 Å². The van der Waals surface area contributed by atoms with Gasteiger partial charge in [0, 0.05) is 12.7 Å². The predicted molar refractivity (Wildman–Crippen MR) is 69.7 cm³/mol. The summed E-state index contributed by atoms with van der Waals surface area (Å²) >= 11 is 0. The Labute approximate surface area is 117 Å². The van der Waals surface area contributed by atoms with E-state index < -0.39 is 30.8 Å². The van der Waals surface area contributed by atoms with Crippen molar-refractivity contribution in [2.75, 3.05) is 13.7 Å². The first kappa shape index (κ1) is 13.9. The Kier molecular flexibility index (Phi) is 4.02. The summed E-state index contributed by atoms with van der Waals surface area (Å²) in [5.74, 6) is 0. The molecule has 3 rings (SSSR count). The number of aliphatic hydroxyl groups excluding tert-OH is 1. The molecule has 2 heterocycles. The van der Waals surface area contributed by atoms with Crippen LogP contribution in [0.4, 0.5) is 0 Å². The number of hydrogen-bond donors (Lipinski definition) is 2. The molecule has 1 aromatic carbocycles. The molecule has 0 radical (unpaired) electrons. The molecular formula is C14H19NO5. The Balaban J connectivity index is 1.74. The van der Waals surface area contributed by atoms with E-state index in [0.717, 1.165) is 5.56 Å². The average Bonchev–Trinajstić information content (AvgIpc) is 2.51. The lowest BCUT2D eigenvalue weighted by Crippen LogP contribution is -2.64. The molecule has 2 fully saturated rings. The van der Waals surface area contributed by atoms with Crippen molar-refractivity contribution in [3.8, 4) is 0 Å². The van der Waals surface area contributed by atoms with E-state index in [1.165, 1.54) is 7.11 Å². The highest BCUT2D eigenvalue weighted by Gasteiger charge is 2.48. The Hall–Kier alpha value is -1.02. The van der Waals surface area contributed by atoms with E-state index in [1.54, 1.807) is 0 Å². The Morgan fingerprint density at radius 3 is 2.70 bits per heavy atom. The van der Waals surface area contributed by atoms with Gasteiger partial charge in [0.2, 0.25) is 0 Å². The zero-order valence-corrected chi connectivity index (χ0v) is 11.2. The van der Waals surface area contributed by atoms with E-state index in [2.05, 4.69) is 0 Å². The fraction of sp³-hybridized carbons (Fsp3) is 0.571. The number of hydrogen-bond acceptors (Lipinski definition) is 6. The third-order valence-corrected chi connectivity index (χ3v) is 3.72. The molecule has 3 N–H and O–H groups in total. The smallest absolute Gasteiger partial charge is 0.184 e. The summed E-state index contributed by atoms with van der Waals surface area (Å²) in [6, 6.07) is 8.93. The van der Waals surface area contributed by atoms with Gasteiger partial charge in [0.05, 0.1) is 12.6 Å². The van der Waals surface area contributed by atoms with Gasteiger partial charge in [0.25, 0.3) is 0 Å². The van der Waals surface area contributed by atoms with Gasteiger partial charge < -0.3 is 29.8 Å². The first-order valence-electron chi connectivity index (χ1n) is 6.64. The third-order valence-electron chi connectivity index (χ3n) is 3.72. The SMILES string of the molecule is CO[C@H]1OC2COC(c3ccccc3)O[C@H]2[C@H](O)C1N. The number of aliphatic hydroxyl groups is 1. The van der Waals surface area contributed by atoms with E-state index in [0.29, 0.717) is 6.61 Å². The van der Waals surface area contributed by atoms with Crippen molar-refractivity contribution in [1.82, 2.24) is 0 Å². The van der Waals surface area contributed by atoms with Crippen LogP contribution in [0.2, 0.25) is 0 Å². The number of nitrogens with two attached hydrogens (primary N) is 1. The van der Waals surface area contributed by atoms with Crippen molar-refractivity contribution in [1.29, 1.82) is 0 Å². The summed E-state index contributed by atoms with van der Waals surface area (Å²) in [5, 5.41) is 10.3. The van der Waals surface area contributed by atoms with Gasteiger partial charge in [-0.15, -0.1) is 0 Å². The van der Waals surface area contributed by atoms with Crippen LogP contribution >= 0.6 is 0 Å². The maximum Gasteiger partial charge on any atom is 0.184 e. The van der Waals surface area contributed by atoms with Gasteiger partial charge in [-0.25, -0.2) is 0 Å². The fourth-order valence-electron chi connectivity index (χ4n) is 2.60. The zero-order valence-electron chi connectivity index (χ0n) is 11.2. The molecule has 20 heavy (non-hydrogen) atoms. The summed E-state index contributed by atoms with van der Waals surface area (Å²) in [5.41, 5.74) is 6.81. The van der Waals surface area contributed by atoms with Crippen molar-refractivity contribution in [2.24, 2.45) is 5.73 Å². The standard InChI is InChI=1S/C14H19NO5/c1-17-14-10(15)11(16)12-9(19-14)7-18-13(20-12)8-5-3-2-4-6-8/h2-6,9-14,16H,7,15H2,1H3/t9?,10?,11-,12-,13?,14+/m1/s1. The minimum absolute atomic E-state index is 0.327. The molecule has 2 aliphatic heterocycles. The zero-order chi connectivity index (χ0) is 14.1. The van der Waals surface area contributed by atoms with Gasteiger partial charge in [0.1, 0.15) is 18.3 Å². The summed E-state index contributed by atoms with van der Waals surface area (Å²) in [4.78, 5) is 0. The van der Waals surface area contributed by atoms with Gasteiger partial charge >= 0.3 is 0 Å². The highest BCUT2D eigenvalue weighted by molar-refractivity contribution is 5.16. The van der Waals surface area contributed by atoms with E-state index in [-0.39, 0.29) is 6.10 Å². The molecule has 3 unspecified atom stereocenters. The highest BCUT2D eigenvalue weighted by Crippen LogP contribution is 2.33. The monoisotopic (exact) mass is 281 g/mol. The maximum absolute atomic E-state index is 10.3. The molecule has 0 spiro atoms. The van der Waals surface area contributed by atoms with Gasteiger partial charge in [-0.2, -0.15) is 0 Å². The number of benzene rings is 1. The topological polar surface area (TPSA) is 83.2 Å². The number of rotatable bonds is 2. The number of fused-ring (bicyclic) bond motifs is 1. The molecule has 0 aliphatic carbocycles. The molecule has 0 amide bonds. The Bertz CT molecular complexity index is 440. The van der Waals surface area contributed by atoms with E-state index in [9.17, 15) is 5.11 Å². The van der Waals surface area contributed by atoms with Crippen LogP contribution in [-0.2, 0) is 18.9 Å². The Morgan fingerprint density at radius 2 is 2.00 bits per heavy atom. The Morgan fingerprint density at radius 1 is 1.25 bits per heavy atom. The molecule has 0 bridgehead atoms. The summed E-state index contributed by atoms with van der Waals surface area (Å²) in [6.45, 7) is 0.327. The second kappa shape index (κ2) is 5.77. The molecular weight excluding hydrogens is 262 g/mol. The maximum atomic E-state index is 10.3. The lowest BCUT2D eigenvalue weighted by Gasteiger charge is -2.46. The van der Waals surface area contributed by atoms with E-state index in [1.807, 2.05) is 30.3 Å². The molecule has 6 nitrogen and oxygen atoms in total. The molecule has 2 aliphatic rings. The van der Waals surface area contributed by atoms with E-state index in [4.69, 9.17) is 24.7 Å². The molecule has 0 aromatic heterocycles. The second-order valence-electron chi connectivity index (χ2n) is 5.02.